The predicted molar refractivity (Wildman–Crippen MR) is 62.4 cm³/mol. The molecule has 1 aromatic rings. The van der Waals surface area contributed by atoms with Crippen molar-refractivity contribution in [2.45, 2.75) is 12.8 Å². The molecule has 2 N–H and O–H groups in total. The lowest BCUT2D eigenvalue weighted by molar-refractivity contribution is 0.112. The van der Waals surface area contributed by atoms with E-state index in [0.717, 1.165) is 11.8 Å². The Morgan fingerprint density at radius 2 is 2.06 bits per heavy atom. The topological polar surface area (TPSA) is 61.5 Å². The zero-order valence-corrected chi connectivity index (χ0v) is 9.82. The molecular weight excluding hydrogens is 206 g/mol. The van der Waals surface area contributed by atoms with Crippen LogP contribution in [-0.4, -0.2) is 27.1 Å². The molecule has 1 aromatic carbocycles. The van der Waals surface area contributed by atoms with Crippen LogP contribution in [0.4, 0.5) is 0 Å². The van der Waals surface area contributed by atoms with Gasteiger partial charge < -0.3 is 15.2 Å². The molecule has 0 amide bonds. The SMILES string of the molecule is COc1cc(C=O)cc(C(C)CN)c1OC. The molecule has 1 unspecified atom stereocenters. The smallest absolute Gasteiger partial charge is 0.164 e. The number of ether oxygens (including phenoxy) is 2. The first-order valence-electron chi connectivity index (χ1n) is 5.09. The highest BCUT2D eigenvalue weighted by atomic mass is 16.5. The third kappa shape index (κ3) is 2.33. The maximum atomic E-state index is 10.8. The largest absolute Gasteiger partial charge is 0.493 e. The number of methoxy groups -OCH3 is 2. The molecule has 0 saturated carbocycles. The fourth-order valence-electron chi connectivity index (χ4n) is 1.58. The van der Waals surface area contributed by atoms with Gasteiger partial charge in [-0.3, -0.25) is 4.79 Å². The standard InChI is InChI=1S/C12H17NO3/c1-8(6-13)10-4-9(7-14)5-11(15-2)12(10)16-3/h4-5,7-8H,6,13H2,1-3H3. The summed E-state index contributed by atoms with van der Waals surface area (Å²) < 4.78 is 10.5. The Hall–Kier alpha value is -1.55. The molecule has 0 radical (unpaired) electrons. The zero-order chi connectivity index (χ0) is 12.1. The van der Waals surface area contributed by atoms with Crippen molar-refractivity contribution in [3.05, 3.63) is 23.3 Å². The Labute approximate surface area is 95.3 Å². The first-order chi connectivity index (χ1) is 7.67. The van der Waals surface area contributed by atoms with E-state index in [1.54, 1.807) is 26.4 Å². The second kappa shape index (κ2) is 5.51. The molecule has 0 aliphatic heterocycles. The minimum absolute atomic E-state index is 0.115. The quantitative estimate of drug-likeness (QED) is 0.770. The minimum atomic E-state index is 0.115. The monoisotopic (exact) mass is 223 g/mol. The van der Waals surface area contributed by atoms with E-state index in [4.69, 9.17) is 15.2 Å². The summed E-state index contributed by atoms with van der Waals surface area (Å²) in [7, 11) is 3.12. The van der Waals surface area contributed by atoms with Gasteiger partial charge >= 0.3 is 0 Å². The summed E-state index contributed by atoms with van der Waals surface area (Å²) in [6.45, 7) is 2.47. The van der Waals surface area contributed by atoms with E-state index >= 15 is 0 Å². The van der Waals surface area contributed by atoms with E-state index in [9.17, 15) is 4.79 Å². The minimum Gasteiger partial charge on any atom is -0.493 e. The van der Waals surface area contributed by atoms with Crippen LogP contribution in [0.15, 0.2) is 12.1 Å². The summed E-state index contributed by atoms with van der Waals surface area (Å²) in [4.78, 5) is 10.8. The van der Waals surface area contributed by atoms with Crippen LogP contribution in [-0.2, 0) is 0 Å². The number of benzene rings is 1. The lowest BCUT2D eigenvalue weighted by atomic mass is 9.97. The van der Waals surface area contributed by atoms with Gasteiger partial charge in [0.15, 0.2) is 11.5 Å². The van der Waals surface area contributed by atoms with Crippen molar-refractivity contribution >= 4 is 6.29 Å². The molecule has 88 valence electrons. The summed E-state index contributed by atoms with van der Waals surface area (Å²) in [6, 6.07) is 3.43. The molecule has 0 saturated heterocycles. The Morgan fingerprint density at radius 1 is 1.38 bits per heavy atom. The van der Waals surface area contributed by atoms with Crippen LogP contribution >= 0.6 is 0 Å². The van der Waals surface area contributed by atoms with Crippen molar-refractivity contribution in [1.82, 2.24) is 0 Å². The molecule has 0 bridgehead atoms. The number of nitrogens with two attached hydrogens (primary N) is 1. The van der Waals surface area contributed by atoms with Gasteiger partial charge in [0, 0.05) is 11.1 Å². The predicted octanol–water partition coefficient (Wildman–Crippen LogP) is 1.58. The zero-order valence-electron chi connectivity index (χ0n) is 9.82. The van der Waals surface area contributed by atoms with Crippen molar-refractivity contribution < 1.29 is 14.3 Å². The highest BCUT2D eigenvalue weighted by Crippen LogP contribution is 2.36. The highest BCUT2D eigenvalue weighted by molar-refractivity contribution is 5.77. The van der Waals surface area contributed by atoms with Gasteiger partial charge in [-0.25, -0.2) is 0 Å². The van der Waals surface area contributed by atoms with Crippen LogP contribution in [0, 0.1) is 0 Å². The van der Waals surface area contributed by atoms with Gasteiger partial charge in [0.2, 0.25) is 0 Å². The summed E-state index contributed by atoms with van der Waals surface area (Å²) in [5.74, 6) is 1.32. The molecular formula is C12H17NO3. The van der Waals surface area contributed by atoms with Crippen molar-refractivity contribution in [2.24, 2.45) is 5.73 Å². The molecule has 4 heteroatoms. The third-order valence-electron chi connectivity index (χ3n) is 2.55. The Morgan fingerprint density at radius 3 is 2.50 bits per heavy atom. The van der Waals surface area contributed by atoms with Crippen LogP contribution < -0.4 is 15.2 Å². The van der Waals surface area contributed by atoms with Gasteiger partial charge in [-0.2, -0.15) is 0 Å². The molecule has 1 rings (SSSR count). The maximum Gasteiger partial charge on any atom is 0.164 e. The number of hydrogen-bond acceptors (Lipinski definition) is 4. The second-order valence-corrected chi connectivity index (χ2v) is 3.60. The summed E-state index contributed by atoms with van der Waals surface area (Å²) >= 11 is 0. The molecule has 16 heavy (non-hydrogen) atoms. The Bertz CT molecular complexity index is 377. The molecule has 0 fully saturated rings. The molecule has 1 atom stereocenters. The van der Waals surface area contributed by atoms with Crippen LogP contribution in [0.2, 0.25) is 0 Å². The van der Waals surface area contributed by atoms with Gasteiger partial charge in [0.25, 0.3) is 0 Å². The van der Waals surface area contributed by atoms with E-state index in [-0.39, 0.29) is 5.92 Å². The average molecular weight is 223 g/mol. The van der Waals surface area contributed by atoms with E-state index in [0.29, 0.717) is 23.6 Å². The summed E-state index contributed by atoms with van der Waals surface area (Å²) in [5, 5.41) is 0. The van der Waals surface area contributed by atoms with Gasteiger partial charge in [-0.15, -0.1) is 0 Å². The van der Waals surface area contributed by atoms with Crippen LogP contribution in [0.3, 0.4) is 0 Å². The van der Waals surface area contributed by atoms with Gasteiger partial charge in [0.05, 0.1) is 14.2 Å². The molecule has 4 nitrogen and oxygen atoms in total. The molecule has 0 aromatic heterocycles. The first kappa shape index (κ1) is 12.5. The fourth-order valence-corrected chi connectivity index (χ4v) is 1.58. The van der Waals surface area contributed by atoms with E-state index in [1.165, 1.54) is 0 Å². The van der Waals surface area contributed by atoms with Crippen LogP contribution in [0.5, 0.6) is 11.5 Å². The van der Waals surface area contributed by atoms with Crippen molar-refractivity contribution in [1.29, 1.82) is 0 Å². The number of hydrogen-bond donors (Lipinski definition) is 1. The fraction of sp³-hybridized carbons (Fsp3) is 0.417. The molecule has 0 aliphatic carbocycles. The summed E-state index contributed by atoms with van der Waals surface area (Å²) in [6.07, 6.45) is 0.786. The van der Waals surface area contributed by atoms with Gasteiger partial charge in [0.1, 0.15) is 6.29 Å². The molecule has 0 aliphatic rings. The lowest BCUT2D eigenvalue weighted by Gasteiger charge is -2.17. The lowest BCUT2D eigenvalue weighted by Crippen LogP contribution is -2.11. The van der Waals surface area contributed by atoms with Crippen molar-refractivity contribution in [2.75, 3.05) is 20.8 Å². The number of carbonyl (C=O) groups is 1. The highest BCUT2D eigenvalue weighted by Gasteiger charge is 2.16. The van der Waals surface area contributed by atoms with Crippen LogP contribution in [0.25, 0.3) is 0 Å². The van der Waals surface area contributed by atoms with E-state index in [1.807, 2.05) is 6.92 Å². The van der Waals surface area contributed by atoms with E-state index in [2.05, 4.69) is 0 Å². The average Bonchev–Trinajstić information content (AvgIpc) is 2.35. The van der Waals surface area contributed by atoms with Crippen LogP contribution in [0.1, 0.15) is 28.8 Å². The number of aldehydes is 1. The normalized spacial score (nSPS) is 12.0. The van der Waals surface area contributed by atoms with Gasteiger partial charge in [-0.1, -0.05) is 6.92 Å². The second-order valence-electron chi connectivity index (χ2n) is 3.60. The van der Waals surface area contributed by atoms with Crippen molar-refractivity contribution in [3.8, 4) is 11.5 Å². The van der Waals surface area contributed by atoms with Gasteiger partial charge in [-0.05, 0) is 24.6 Å². The third-order valence-corrected chi connectivity index (χ3v) is 2.55. The van der Waals surface area contributed by atoms with Crippen molar-refractivity contribution in [3.63, 3.8) is 0 Å². The number of rotatable bonds is 5. The molecule has 0 heterocycles. The first-order valence-corrected chi connectivity index (χ1v) is 5.09. The maximum absolute atomic E-state index is 10.8. The molecule has 0 spiro atoms. The Balaban J connectivity index is 3.36. The Kier molecular flexibility index (Phi) is 4.31. The number of carbonyl (C=O) groups excluding carboxylic acids is 1. The summed E-state index contributed by atoms with van der Waals surface area (Å²) in [5.41, 5.74) is 7.08. The van der Waals surface area contributed by atoms with E-state index < -0.39 is 0 Å².